The molecule has 5 nitrogen and oxygen atoms in total. The average Bonchev–Trinajstić information content (AvgIpc) is 3.05. The molecule has 202 valence electrons. The van der Waals surface area contributed by atoms with Crippen molar-refractivity contribution >= 4 is 23.1 Å². The van der Waals surface area contributed by atoms with Gasteiger partial charge in [0.1, 0.15) is 11.6 Å². The van der Waals surface area contributed by atoms with E-state index < -0.39 is 17.8 Å². The van der Waals surface area contributed by atoms with Gasteiger partial charge in [-0.15, -0.1) is 0 Å². The maximum Gasteiger partial charge on any atom is 0.262 e. The van der Waals surface area contributed by atoms with Crippen LogP contribution in [0.3, 0.4) is 0 Å². The fraction of sp³-hybridized carbons (Fsp3) is 0.333. The number of unbranched alkanes of at least 4 members (excludes halogenated alkanes) is 2. The number of amides is 1. The van der Waals surface area contributed by atoms with Crippen molar-refractivity contribution in [2.24, 2.45) is 5.41 Å². The first-order valence-electron chi connectivity index (χ1n) is 13.7. The van der Waals surface area contributed by atoms with Crippen molar-refractivity contribution in [1.82, 2.24) is 0 Å². The largest absolute Gasteiger partial charge is 0.494 e. The maximum atomic E-state index is 15.0. The number of carbonyl (C=O) groups excluding carboxylic acids is 2. The second-order valence-electron chi connectivity index (χ2n) is 11.2. The van der Waals surface area contributed by atoms with Crippen LogP contribution < -0.4 is 15.0 Å². The van der Waals surface area contributed by atoms with E-state index in [0.29, 0.717) is 36.4 Å². The summed E-state index contributed by atoms with van der Waals surface area (Å²) in [5.41, 5.74) is 3.14. The number of anilines is 2. The smallest absolute Gasteiger partial charge is 0.262 e. The van der Waals surface area contributed by atoms with Crippen molar-refractivity contribution in [3.8, 4) is 5.75 Å². The Labute approximate surface area is 229 Å². The van der Waals surface area contributed by atoms with Gasteiger partial charge in [0.25, 0.3) is 5.91 Å². The second-order valence-corrected chi connectivity index (χ2v) is 11.2. The quantitative estimate of drug-likeness (QED) is 0.319. The average molecular weight is 527 g/mol. The Morgan fingerprint density at radius 1 is 1.00 bits per heavy atom. The highest BCUT2D eigenvalue weighted by molar-refractivity contribution is 6.12. The lowest BCUT2D eigenvalue weighted by Gasteiger charge is -2.37. The lowest BCUT2D eigenvalue weighted by atomic mass is 9.73. The third-order valence-electron chi connectivity index (χ3n) is 7.44. The molecule has 0 aromatic heterocycles. The number of ether oxygens (including phenoxy) is 1. The fourth-order valence-corrected chi connectivity index (χ4v) is 5.58. The van der Waals surface area contributed by atoms with Crippen LogP contribution in [-0.2, 0) is 4.79 Å². The summed E-state index contributed by atoms with van der Waals surface area (Å²) in [7, 11) is 0. The molecule has 0 saturated carbocycles. The van der Waals surface area contributed by atoms with Gasteiger partial charge >= 0.3 is 0 Å². The van der Waals surface area contributed by atoms with Crippen LogP contribution in [0.2, 0.25) is 0 Å². The van der Waals surface area contributed by atoms with Crippen LogP contribution in [0.1, 0.15) is 74.8 Å². The topological polar surface area (TPSA) is 58.6 Å². The molecule has 0 saturated heterocycles. The molecule has 1 amide bonds. The van der Waals surface area contributed by atoms with Gasteiger partial charge in [-0.1, -0.05) is 70.0 Å². The van der Waals surface area contributed by atoms with Crippen LogP contribution in [-0.4, -0.2) is 18.3 Å². The molecule has 0 unspecified atom stereocenters. The van der Waals surface area contributed by atoms with E-state index in [1.165, 1.54) is 12.1 Å². The van der Waals surface area contributed by atoms with Crippen LogP contribution in [0.15, 0.2) is 84.1 Å². The Balaban J connectivity index is 1.66. The third kappa shape index (κ3) is 5.47. The van der Waals surface area contributed by atoms with E-state index in [9.17, 15) is 14.0 Å². The first-order chi connectivity index (χ1) is 18.8. The Morgan fingerprint density at radius 3 is 2.46 bits per heavy atom. The van der Waals surface area contributed by atoms with Crippen molar-refractivity contribution in [3.63, 3.8) is 0 Å². The van der Waals surface area contributed by atoms with E-state index >= 15 is 0 Å². The van der Waals surface area contributed by atoms with Gasteiger partial charge in [0.15, 0.2) is 5.78 Å². The summed E-state index contributed by atoms with van der Waals surface area (Å²) in [5.74, 6) is -0.382. The molecule has 1 aliphatic carbocycles. The summed E-state index contributed by atoms with van der Waals surface area (Å²) in [6.45, 7) is 6.94. The lowest BCUT2D eigenvalue weighted by Crippen LogP contribution is -2.39. The fourth-order valence-electron chi connectivity index (χ4n) is 5.58. The van der Waals surface area contributed by atoms with Gasteiger partial charge < -0.3 is 10.1 Å². The second kappa shape index (κ2) is 11.0. The van der Waals surface area contributed by atoms with E-state index in [1.807, 2.05) is 48.5 Å². The number of halogens is 1. The van der Waals surface area contributed by atoms with Gasteiger partial charge in [-0.3, -0.25) is 14.5 Å². The molecule has 3 aromatic rings. The zero-order valence-corrected chi connectivity index (χ0v) is 22.8. The number of nitrogens with zero attached hydrogens (tertiary/aromatic N) is 1. The molecule has 1 aliphatic heterocycles. The van der Waals surface area contributed by atoms with Crippen molar-refractivity contribution in [1.29, 1.82) is 0 Å². The molecule has 6 heteroatoms. The van der Waals surface area contributed by atoms with Crippen LogP contribution in [0.25, 0.3) is 0 Å². The van der Waals surface area contributed by atoms with Gasteiger partial charge in [0, 0.05) is 17.7 Å². The molecular formula is C33H35FN2O3. The number of rotatable bonds is 7. The number of ketones is 1. The minimum atomic E-state index is -0.735. The summed E-state index contributed by atoms with van der Waals surface area (Å²) in [6, 6.07) is 20.3. The molecule has 0 fully saturated rings. The van der Waals surface area contributed by atoms with Crippen LogP contribution in [0.5, 0.6) is 5.75 Å². The van der Waals surface area contributed by atoms with E-state index in [4.69, 9.17) is 4.74 Å². The maximum absolute atomic E-state index is 15.0. The molecule has 0 radical (unpaired) electrons. The van der Waals surface area contributed by atoms with Crippen LogP contribution in [0.4, 0.5) is 15.8 Å². The van der Waals surface area contributed by atoms with E-state index in [1.54, 1.807) is 17.0 Å². The molecule has 5 rings (SSSR count). The number of para-hydroxylation sites is 2. The summed E-state index contributed by atoms with van der Waals surface area (Å²) in [5, 5.41) is 3.50. The Morgan fingerprint density at radius 2 is 1.72 bits per heavy atom. The number of benzene rings is 3. The Bertz CT molecular complexity index is 1410. The highest BCUT2D eigenvalue weighted by Gasteiger charge is 2.43. The van der Waals surface area contributed by atoms with Crippen LogP contribution >= 0.6 is 0 Å². The number of Topliss-reactive ketones (excluding diaryl/α,β-unsaturated/α-hetero) is 1. The van der Waals surface area contributed by atoms with Gasteiger partial charge in [-0.05, 0) is 60.2 Å². The highest BCUT2D eigenvalue weighted by atomic mass is 19.1. The highest BCUT2D eigenvalue weighted by Crippen LogP contribution is 2.48. The molecule has 2 aliphatic rings. The monoisotopic (exact) mass is 526 g/mol. The van der Waals surface area contributed by atoms with E-state index in [2.05, 4.69) is 26.1 Å². The van der Waals surface area contributed by atoms with E-state index in [0.717, 1.165) is 36.3 Å². The van der Waals surface area contributed by atoms with Crippen molar-refractivity contribution in [3.05, 3.63) is 101 Å². The molecule has 39 heavy (non-hydrogen) atoms. The predicted molar refractivity (Wildman–Crippen MR) is 153 cm³/mol. The summed E-state index contributed by atoms with van der Waals surface area (Å²) in [6.07, 6.45) is 4.22. The summed E-state index contributed by atoms with van der Waals surface area (Å²) in [4.78, 5) is 29.6. The van der Waals surface area contributed by atoms with Gasteiger partial charge in [-0.25, -0.2) is 4.39 Å². The number of nitrogens with one attached hydrogen (secondary N) is 1. The summed E-state index contributed by atoms with van der Waals surface area (Å²) < 4.78 is 20.9. The Hall–Kier alpha value is -3.93. The Kier molecular flexibility index (Phi) is 7.56. The minimum Gasteiger partial charge on any atom is -0.494 e. The molecule has 1 atom stereocenters. The molecule has 3 aromatic carbocycles. The van der Waals surface area contributed by atoms with Crippen molar-refractivity contribution < 1.29 is 18.7 Å². The standard InChI is InChI=1S/C33H35FN2O3/c1-4-5-10-19-39-23-17-15-22(16-18-23)31-30-27(20-33(2,3)21-29(30)37)35-26-13-8-9-14-28(26)36(31)32(38)24-11-6-7-12-25(24)34/h6-9,11-18,31,35H,4-5,10,19-21H2,1-3H3/t31-/m0/s1. The van der Waals surface area contributed by atoms with Crippen molar-refractivity contribution in [2.45, 2.75) is 58.9 Å². The SMILES string of the molecule is CCCCCOc1ccc([C@H]2C3=C(CC(C)(C)CC3=O)Nc3ccccc3N2C(=O)c2ccccc2F)cc1. The molecule has 1 heterocycles. The van der Waals surface area contributed by atoms with Crippen LogP contribution in [0, 0.1) is 11.2 Å². The normalized spacial score (nSPS) is 18.1. The zero-order chi connectivity index (χ0) is 27.6. The summed E-state index contributed by atoms with van der Waals surface area (Å²) >= 11 is 0. The number of hydrogen-bond acceptors (Lipinski definition) is 4. The number of carbonyl (C=O) groups is 2. The third-order valence-corrected chi connectivity index (χ3v) is 7.44. The molecule has 0 bridgehead atoms. The predicted octanol–water partition coefficient (Wildman–Crippen LogP) is 7.85. The number of hydrogen-bond donors (Lipinski definition) is 1. The molecule has 1 N–H and O–H groups in total. The van der Waals surface area contributed by atoms with Gasteiger partial charge in [0.05, 0.1) is 29.6 Å². The van der Waals surface area contributed by atoms with E-state index in [-0.39, 0.29) is 16.8 Å². The van der Waals surface area contributed by atoms with Gasteiger partial charge in [0.2, 0.25) is 0 Å². The number of allylic oxidation sites excluding steroid dienone is 1. The minimum absolute atomic E-state index is 0.0159. The zero-order valence-electron chi connectivity index (χ0n) is 22.8. The number of fused-ring (bicyclic) bond motifs is 1. The van der Waals surface area contributed by atoms with Gasteiger partial charge in [-0.2, -0.15) is 0 Å². The molecular weight excluding hydrogens is 491 g/mol. The molecule has 0 spiro atoms. The van der Waals surface area contributed by atoms with Crippen molar-refractivity contribution in [2.75, 3.05) is 16.8 Å². The first-order valence-corrected chi connectivity index (χ1v) is 13.7. The first kappa shape index (κ1) is 26.7. The lowest BCUT2D eigenvalue weighted by molar-refractivity contribution is -0.118.